The van der Waals surface area contributed by atoms with Crippen LogP contribution in [0.25, 0.3) is 11.3 Å². The van der Waals surface area contributed by atoms with Gasteiger partial charge < -0.3 is 14.6 Å². The van der Waals surface area contributed by atoms with Gasteiger partial charge in [0.1, 0.15) is 0 Å². The summed E-state index contributed by atoms with van der Waals surface area (Å²) in [6, 6.07) is 15.0. The van der Waals surface area contributed by atoms with Crippen LogP contribution in [-0.4, -0.2) is 16.1 Å². The van der Waals surface area contributed by atoms with Gasteiger partial charge >= 0.3 is 0 Å². The van der Waals surface area contributed by atoms with Crippen molar-refractivity contribution < 1.29 is 19.4 Å². The monoisotopic (exact) mass is 329 g/mol. The minimum Gasteiger partial charge on any atom is -0.502 e. The Kier molecular flexibility index (Phi) is 3.95. The Bertz CT molecular complexity index is 858. The Labute approximate surface area is 136 Å². The Balaban J connectivity index is 1.93. The average Bonchev–Trinajstić information content (AvgIpc) is 2.84. The van der Waals surface area contributed by atoms with E-state index in [4.69, 9.17) is 16.0 Å². The molecule has 23 heavy (non-hydrogen) atoms. The second-order valence-corrected chi connectivity index (χ2v) is 5.22. The van der Waals surface area contributed by atoms with Gasteiger partial charge in [0.25, 0.3) is 5.91 Å². The molecule has 0 aliphatic rings. The lowest BCUT2D eigenvalue weighted by Crippen LogP contribution is -2.10. The fourth-order valence-corrected chi connectivity index (χ4v) is 2.28. The van der Waals surface area contributed by atoms with Crippen LogP contribution in [0.4, 0.5) is 5.88 Å². The van der Waals surface area contributed by atoms with E-state index in [1.54, 1.807) is 54.6 Å². The summed E-state index contributed by atoms with van der Waals surface area (Å²) in [5.74, 6) is -1.67. The van der Waals surface area contributed by atoms with Crippen molar-refractivity contribution in [1.29, 1.82) is 0 Å². The third-order valence-corrected chi connectivity index (χ3v) is 3.44. The van der Waals surface area contributed by atoms with Gasteiger partial charge in [0.15, 0.2) is 5.76 Å². The summed E-state index contributed by atoms with van der Waals surface area (Å²) in [6.07, 6.45) is 0. The van der Waals surface area contributed by atoms with Gasteiger partial charge in [0.05, 0.1) is 0 Å². The second kappa shape index (κ2) is 6.06. The molecule has 0 saturated carbocycles. The largest absolute Gasteiger partial charge is 0.502 e. The van der Waals surface area contributed by atoms with Crippen molar-refractivity contribution >= 4 is 23.4 Å². The minimum absolute atomic E-state index is 0.0216. The van der Waals surface area contributed by atoms with Gasteiger partial charge in [-0.25, -0.2) is 0 Å². The fourth-order valence-electron chi connectivity index (χ4n) is 2.09. The van der Waals surface area contributed by atoms with Crippen LogP contribution < -0.4 is 5.32 Å². The molecule has 1 aromatic heterocycles. The van der Waals surface area contributed by atoms with Crippen LogP contribution in [0, 0.1) is 0 Å². The lowest BCUT2D eigenvalue weighted by molar-refractivity contribution is 0.102. The van der Waals surface area contributed by atoms with Gasteiger partial charge in [-0.15, -0.1) is 0 Å². The van der Waals surface area contributed by atoms with Gasteiger partial charge in [0, 0.05) is 16.1 Å². The van der Waals surface area contributed by atoms with Crippen molar-refractivity contribution in [3.8, 4) is 22.8 Å². The summed E-state index contributed by atoms with van der Waals surface area (Å²) in [6.45, 7) is 0. The zero-order valence-corrected chi connectivity index (χ0v) is 12.5. The molecule has 0 radical (unpaired) electrons. The van der Waals surface area contributed by atoms with Crippen molar-refractivity contribution in [3.05, 3.63) is 65.2 Å². The highest BCUT2D eigenvalue weighted by Gasteiger charge is 2.22. The molecule has 3 rings (SSSR count). The molecule has 3 aromatic rings. The second-order valence-electron chi connectivity index (χ2n) is 4.79. The Morgan fingerprint density at radius 2 is 1.74 bits per heavy atom. The van der Waals surface area contributed by atoms with E-state index in [1.165, 1.54) is 0 Å². The van der Waals surface area contributed by atoms with Gasteiger partial charge in [0.2, 0.25) is 17.4 Å². The lowest BCUT2D eigenvalue weighted by atomic mass is 10.1. The van der Waals surface area contributed by atoms with E-state index < -0.39 is 17.4 Å². The van der Waals surface area contributed by atoms with Gasteiger partial charge in [-0.1, -0.05) is 41.9 Å². The van der Waals surface area contributed by atoms with Crippen LogP contribution in [0.2, 0.25) is 5.02 Å². The highest BCUT2D eigenvalue weighted by Crippen LogP contribution is 2.45. The molecular formula is C17H12ClNO4. The lowest BCUT2D eigenvalue weighted by Gasteiger charge is -2.02. The number of amides is 1. The quantitative estimate of drug-likeness (QED) is 0.670. The molecule has 0 aliphatic heterocycles. The molecule has 1 heterocycles. The van der Waals surface area contributed by atoms with Gasteiger partial charge in [-0.2, -0.15) is 0 Å². The molecule has 0 unspecified atom stereocenters. The number of anilines is 1. The number of halogens is 1. The number of furan rings is 1. The molecule has 116 valence electrons. The Hall–Kier alpha value is -2.92. The van der Waals surface area contributed by atoms with E-state index in [2.05, 4.69) is 5.32 Å². The van der Waals surface area contributed by atoms with E-state index in [0.717, 1.165) is 0 Å². The Morgan fingerprint density at radius 1 is 1.00 bits per heavy atom. The average molecular weight is 330 g/mol. The molecule has 2 aromatic carbocycles. The number of aromatic hydroxyl groups is 2. The molecule has 0 saturated heterocycles. The van der Waals surface area contributed by atoms with Crippen molar-refractivity contribution in [2.45, 2.75) is 0 Å². The van der Waals surface area contributed by atoms with Crippen LogP contribution >= 0.6 is 11.6 Å². The summed E-state index contributed by atoms with van der Waals surface area (Å²) in [5.41, 5.74) is 0.873. The van der Waals surface area contributed by atoms with E-state index in [9.17, 15) is 15.0 Å². The number of rotatable bonds is 3. The number of benzene rings is 2. The number of hydrogen-bond donors (Lipinski definition) is 3. The Morgan fingerprint density at radius 3 is 2.43 bits per heavy atom. The first kappa shape index (κ1) is 15.0. The molecule has 0 bridgehead atoms. The highest BCUT2D eigenvalue weighted by atomic mass is 35.5. The maximum absolute atomic E-state index is 12.1. The van der Waals surface area contributed by atoms with Crippen LogP contribution in [-0.2, 0) is 0 Å². The fraction of sp³-hybridized carbons (Fsp3) is 0. The number of nitrogens with one attached hydrogen (secondary N) is 1. The molecule has 6 heteroatoms. The third kappa shape index (κ3) is 3.00. The molecule has 0 spiro atoms. The summed E-state index contributed by atoms with van der Waals surface area (Å²) < 4.78 is 5.39. The molecular weight excluding hydrogens is 318 g/mol. The minimum atomic E-state index is -0.538. The molecule has 5 nitrogen and oxygen atoms in total. The summed E-state index contributed by atoms with van der Waals surface area (Å²) >= 11 is 5.90. The van der Waals surface area contributed by atoms with Crippen LogP contribution in [0.3, 0.4) is 0 Å². The maximum atomic E-state index is 12.1. The first-order valence-electron chi connectivity index (χ1n) is 6.73. The van der Waals surface area contributed by atoms with Crippen molar-refractivity contribution in [1.82, 2.24) is 0 Å². The topological polar surface area (TPSA) is 82.7 Å². The van der Waals surface area contributed by atoms with Gasteiger partial charge in [-0.05, 0) is 24.3 Å². The first-order chi connectivity index (χ1) is 11.1. The predicted octanol–water partition coefficient (Wildman–Crippen LogP) is 4.26. The summed E-state index contributed by atoms with van der Waals surface area (Å²) in [5, 5.41) is 22.8. The smallest absolute Gasteiger partial charge is 0.258 e. The molecule has 3 N–H and O–H groups in total. The zero-order chi connectivity index (χ0) is 16.4. The van der Waals surface area contributed by atoms with Crippen LogP contribution in [0.1, 0.15) is 10.4 Å². The number of carbonyl (C=O) groups excluding carboxylic acids is 1. The van der Waals surface area contributed by atoms with Crippen molar-refractivity contribution in [2.24, 2.45) is 0 Å². The molecule has 0 fully saturated rings. The van der Waals surface area contributed by atoms with E-state index in [-0.39, 0.29) is 11.6 Å². The maximum Gasteiger partial charge on any atom is 0.258 e. The van der Waals surface area contributed by atoms with Crippen LogP contribution in [0.5, 0.6) is 11.5 Å². The molecule has 1 amide bonds. The van der Waals surface area contributed by atoms with E-state index >= 15 is 0 Å². The highest BCUT2D eigenvalue weighted by molar-refractivity contribution is 6.30. The zero-order valence-electron chi connectivity index (χ0n) is 11.8. The molecule has 0 aliphatic carbocycles. The van der Waals surface area contributed by atoms with Crippen molar-refractivity contribution in [3.63, 3.8) is 0 Å². The third-order valence-electron chi connectivity index (χ3n) is 3.21. The summed E-state index contributed by atoms with van der Waals surface area (Å²) in [7, 11) is 0. The van der Waals surface area contributed by atoms with E-state index in [0.29, 0.717) is 16.1 Å². The predicted molar refractivity (Wildman–Crippen MR) is 86.9 cm³/mol. The standard InChI is InChI=1S/C17H12ClNO4/c18-12-8-4-7-11(9-12)15-13(20)14(21)17(23-15)19-16(22)10-5-2-1-3-6-10/h1-9,20-21H,(H,19,22). The summed E-state index contributed by atoms with van der Waals surface area (Å²) in [4.78, 5) is 12.1. The van der Waals surface area contributed by atoms with Crippen LogP contribution in [0.15, 0.2) is 59.0 Å². The SMILES string of the molecule is O=C(Nc1oc(-c2cccc(Cl)c2)c(O)c1O)c1ccccc1. The van der Waals surface area contributed by atoms with E-state index in [1.807, 2.05) is 0 Å². The first-order valence-corrected chi connectivity index (χ1v) is 7.11. The normalized spacial score (nSPS) is 10.5. The number of carbonyl (C=O) groups is 1. The number of hydrogen-bond acceptors (Lipinski definition) is 4. The van der Waals surface area contributed by atoms with Crippen molar-refractivity contribution in [2.75, 3.05) is 5.32 Å². The molecule has 0 atom stereocenters. The van der Waals surface area contributed by atoms with Gasteiger partial charge in [-0.3, -0.25) is 10.1 Å².